The number of hydrogen-bond acceptors (Lipinski definition) is 9. The summed E-state index contributed by atoms with van der Waals surface area (Å²) in [6.07, 6.45) is 4.88. The largest absolute Gasteiger partial charge is 0.469 e. The molecule has 1 aromatic heterocycles. The predicted molar refractivity (Wildman–Crippen MR) is 108 cm³/mol. The smallest absolute Gasteiger partial charge is 0.312 e. The van der Waals surface area contributed by atoms with Crippen LogP contribution in [0.5, 0.6) is 0 Å². The monoisotopic (exact) mass is 426 g/mol. The van der Waals surface area contributed by atoms with Crippen molar-refractivity contribution in [2.45, 2.75) is 26.3 Å². The molecule has 0 bridgehead atoms. The number of allylic oxidation sites excluding steroid dienone is 2. The Kier molecular flexibility index (Phi) is 8.87. The van der Waals surface area contributed by atoms with Crippen LogP contribution in [0.4, 0.5) is 8.78 Å². The number of halogens is 2. The van der Waals surface area contributed by atoms with Crippen LogP contribution >= 0.6 is 11.3 Å². The van der Waals surface area contributed by atoms with E-state index in [4.69, 9.17) is 5.41 Å². The summed E-state index contributed by atoms with van der Waals surface area (Å²) in [4.78, 5) is 22.1. The summed E-state index contributed by atoms with van der Waals surface area (Å²) < 4.78 is 29.2. The zero-order valence-electron chi connectivity index (χ0n) is 16.2. The van der Waals surface area contributed by atoms with Gasteiger partial charge >= 0.3 is 12.5 Å². The molecule has 8 nitrogen and oxygen atoms in total. The number of carbonyl (C=O) groups is 1. The summed E-state index contributed by atoms with van der Waals surface area (Å²) in [5.74, 6) is 0.365. The maximum Gasteiger partial charge on any atom is 0.312 e. The molecule has 11 heteroatoms. The molecule has 0 unspecified atom stereocenters. The van der Waals surface area contributed by atoms with E-state index in [1.807, 2.05) is 22.5 Å². The number of aliphatic imine (C=N–C) groups is 1. The van der Waals surface area contributed by atoms with Gasteiger partial charge in [-0.3, -0.25) is 15.1 Å². The third kappa shape index (κ3) is 6.43. The van der Waals surface area contributed by atoms with E-state index in [0.717, 1.165) is 16.9 Å². The number of hydrogen-bond donors (Lipinski definition) is 3. The number of nitrogens with zero attached hydrogens (tertiary/aromatic N) is 3. The molecule has 158 valence electrons. The first kappa shape index (κ1) is 22.6. The van der Waals surface area contributed by atoms with Crippen LogP contribution in [0, 0.1) is 5.41 Å². The van der Waals surface area contributed by atoms with E-state index in [0.29, 0.717) is 31.0 Å². The second-order valence-corrected chi connectivity index (χ2v) is 6.78. The van der Waals surface area contributed by atoms with Crippen LogP contribution < -0.4 is 10.6 Å². The molecule has 2 rings (SSSR count). The van der Waals surface area contributed by atoms with Gasteiger partial charge in [-0.05, 0) is 12.5 Å². The Morgan fingerprint density at radius 1 is 1.52 bits per heavy atom. The van der Waals surface area contributed by atoms with E-state index in [9.17, 15) is 13.6 Å². The molecule has 0 saturated carbocycles. The van der Waals surface area contributed by atoms with Crippen molar-refractivity contribution in [2.24, 2.45) is 4.99 Å². The fourth-order valence-corrected chi connectivity index (χ4v) is 3.39. The summed E-state index contributed by atoms with van der Waals surface area (Å²) in [7, 11) is 1.34. The maximum absolute atomic E-state index is 12.3. The number of alkyl halides is 2. The second kappa shape index (κ2) is 11.4. The average Bonchev–Trinajstić information content (AvgIpc) is 3.24. The van der Waals surface area contributed by atoms with Crippen LogP contribution in [0.1, 0.15) is 24.8 Å². The number of rotatable bonds is 11. The quantitative estimate of drug-likeness (QED) is 0.217. The number of esters is 1. The Bertz CT molecular complexity index is 792. The standard InChI is InChI=1S/C18H24F2N6O2S/c1-3-14-12(13(21)4-7-24-18(19)20)10-25-16(17-23-8-9-29-17)26(14)11-22-6-5-15(27)28-2/h4,7-9,18,21-22,24H,3,5-6,10-11H2,1-2H3/b7-4-,21-13?. The number of nitrogens with one attached hydrogen (secondary N) is 3. The molecule has 1 aliphatic heterocycles. The molecule has 0 aromatic carbocycles. The van der Waals surface area contributed by atoms with E-state index in [2.05, 4.69) is 20.0 Å². The molecule has 2 heterocycles. The first-order valence-electron chi connectivity index (χ1n) is 8.99. The van der Waals surface area contributed by atoms with Gasteiger partial charge in [0.05, 0.1) is 32.5 Å². The first-order chi connectivity index (χ1) is 14.0. The number of methoxy groups -OCH3 is 1. The van der Waals surface area contributed by atoms with Gasteiger partial charge in [-0.25, -0.2) is 4.98 Å². The highest BCUT2D eigenvalue weighted by Gasteiger charge is 2.26. The van der Waals surface area contributed by atoms with Crippen molar-refractivity contribution >= 4 is 28.9 Å². The molecular weight excluding hydrogens is 402 g/mol. The lowest BCUT2D eigenvalue weighted by Crippen LogP contribution is -2.42. The summed E-state index contributed by atoms with van der Waals surface area (Å²) in [5.41, 5.74) is 1.61. The van der Waals surface area contributed by atoms with Crippen LogP contribution in [-0.4, -0.2) is 60.8 Å². The van der Waals surface area contributed by atoms with E-state index in [1.54, 1.807) is 6.20 Å². The van der Waals surface area contributed by atoms with Gasteiger partial charge in [0.25, 0.3) is 0 Å². The zero-order valence-corrected chi connectivity index (χ0v) is 17.1. The fraction of sp³-hybridized carbons (Fsp3) is 0.444. The Hall–Kier alpha value is -2.66. The molecular formula is C18H24F2N6O2S. The first-order valence-corrected chi connectivity index (χ1v) is 9.87. The molecule has 1 aromatic rings. The molecule has 0 radical (unpaired) electrons. The van der Waals surface area contributed by atoms with E-state index < -0.39 is 6.55 Å². The molecule has 1 aliphatic rings. The summed E-state index contributed by atoms with van der Waals surface area (Å²) in [6.45, 7) is 0.296. The second-order valence-electron chi connectivity index (χ2n) is 5.88. The van der Waals surface area contributed by atoms with Gasteiger partial charge < -0.3 is 20.4 Å². The average molecular weight is 426 g/mol. The van der Waals surface area contributed by atoms with Crippen LogP contribution in [0.2, 0.25) is 0 Å². The summed E-state index contributed by atoms with van der Waals surface area (Å²) in [6, 6.07) is 0. The van der Waals surface area contributed by atoms with Crippen molar-refractivity contribution in [1.82, 2.24) is 20.5 Å². The van der Waals surface area contributed by atoms with Crippen molar-refractivity contribution in [3.63, 3.8) is 0 Å². The SMILES string of the molecule is CCC1=C(C(=N)/C=C\NC(F)F)CN=C(c2nccs2)N1CNCCC(=O)OC. The van der Waals surface area contributed by atoms with Crippen molar-refractivity contribution in [3.8, 4) is 0 Å². The number of amidine groups is 1. The van der Waals surface area contributed by atoms with Crippen molar-refractivity contribution in [1.29, 1.82) is 5.41 Å². The van der Waals surface area contributed by atoms with Gasteiger partial charge in [-0.2, -0.15) is 8.78 Å². The van der Waals surface area contributed by atoms with Crippen LogP contribution in [-0.2, 0) is 9.53 Å². The van der Waals surface area contributed by atoms with E-state index >= 15 is 0 Å². The number of carbonyl (C=O) groups excluding carboxylic acids is 1. The minimum absolute atomic E-state index is 0.108. The van der Waals surface area contributed by atoms with Gasteiger partial charge in [0, 0.05) is 35.6 Å². The molecule has 29 heavy (non-hydrogen) atoms. The highest BCUT2D eigenvalue weighted by atomic mass is 32.1. The number of ether oxygens (including phenoxy) is 1. The van der Waals surface area contributed by atoms with Crippen molar-refractivity contribution in [3.05, 3.63) is 40.1 Å². The summed E-state index contributed by atoms with van der Waals surface area (Å²) >= 11 is 1.45. The minimum atomic E-state index is -2.69. The Morgan fingerprint density at radius 2 is 2.31 bits per heavy atom. The Morgan fingerprint density at radius 3 is 2.93 bits per heavy atom. The maximum atomic E-state index is 12.3. The molecule has 0 aliphatic carbocycles. The van der Waals surface area contributed by atoms with Gasteiger partial charge in [-0.1, -0.05) is 6.92 Å². The van der Waals surface area contributed by atoms with E-state index in [-0.39, 0.29) is 24.6 Å². The van der Waals surface area contributed by atoms with Gasteiger partial charge in [0.1, 0.15) is 0 Å². The zero-order chi connectivity index (χ0) is 21.2. The molecule has 3 N–H and O–H groups in total. The highest BCUT2D eigenvalue weighted by molar-refractivity contribution is 7.11. The van der Waals surface area contributed by atoms with Gasteiger partial charge in [0.15, 0.2) is 10.8 Å². The Labute approximate surface area is 171 Å². The van der Waals surface area contributed by atoms with E-state index in [1.165, 1.54) is 24.5 Å². The molecule has 0 saturated heterocycles. The third-order valence-corrected chi connectivity index (χ3v) is 4.85. The topological polar surface area (TPSA) is 103 Å². The number of thiazole rings is 1. The minimum Gasteiger partial charge on any atom is -0.469 e. The molecule has 0 atom stereocenters. The predicted octanol–water partition coefficient (Wildman–Crippen LogP) is 2.33. The van der Waals surface area contributed by atoms with Crippen molar-refractivity contribution in [2.75, 3.05) is 26.9 Å². The molecule has 0 fully saturated rings. The highest BCUT2D eigenvalue weighted by Crippen LogP contribution is 2.24. The lowest BCUT2D eigenvalue weighted by atomic mass is 10.0. The van der Waals surface area contributed by atoms with Crippen LogP contribution in [0.25, 0.3) is 0 Å². The van der Waals surface area contributed by atoms with Crippen LogP contribution in [0.15, 0.2) is 40.1 Å². The van der Waals surface area contributed by atoms with Crippen molar-refractivity contribution < 1.29 is 18.3 Å². The third-order valence-electron chi connectivity index (χ3n) is 4.08. The number of aromatic nitrogens is 1. The molecule has 0 amide bonds. The van der Waals surface area contributed by atoms with Crippen LogP contribution in [0.3, 0.4) is 0 Å². The summed E-state index contributed by atoms with van der Waals surface area (Å²) in [5, 5.41) is 15.9. The van der Waals surface area contributed by atoms with Gasteiger partial charge in [-0.15, -0.1) is 11.3 Å². The molecule has 0 spiro atoms. The normalized spacial score (nSPS) is 14.5. The van der Waals surface area contributed by atoms with Gasteiger partial charge in [0.2, 0.25) is 0 Å². The Balaban J connectivity index is 2.21. The lowest BCUT2D eigenvalue weighted by molar-refractivity contribution is -0.140. The fourth-order valence-electron chi connectivity index (χ4n) is 2.74. The lowest BCUT2D eigenvalue weighted by Gasteiger charge is -2.33.